The number of hydrogen-bond donors (Lipinski definition) is 1. The van der Waals surface area contributed by atoms with Crippen molar-refractivity contribution in [1.29, 1.82) is 0 Å². The van der Waals surface area contributed by atoms with E-state index in [1.165, 1.54) is 19.3 Å². The van der Waals surface area contributed by atoms with Crippen LogP contribution in [0.15, 0.2) is 24.3 Å². The number of likely N-dealkylation sites (tertiary alicyclic amines) is 1. The fourth-order valence-corrected chi connectivity index (χ4v) is 3.48. The Kier molecular flexibility index (Phi) is 7.34. The van der Waals surface area contributed by atoms with Gasteiger partial charge in [0.25, 0.3) is 0 Å². The summed E-state index contributed by atoms with van der Waals surface area (Å²) in [7, 11) is 1.80. The molecule has 1 aromatic carbocycles. The van der Waals surface area contributed by atoms with Crippen LogP contribution in [0.5, 0.6) is 0 Å². The molecule has 7 heteroatoms. The molecule has 2 radical (unpaired) electrons. The Morgan fingerprint density at radius 3 is 2.59 bits per heavy atom. The van der Waals surface area contributed by atoms with Crippen LogP contribution in [-0.2, 0) is 13.7 Å². The van der Waals surface area contributed by atoms with Gasteiger partial charge in [-0.1, -0.05) is 0 Å². The Morgan fingerprint density at radius 1 is 1.27 bits per heavy atom. The molecule has 1 N–H and O–H groups in total. The fraction of sp³-hybridized carbons (Fsp3) is 0.533. The minimum atomic E-state index is -0.954. The average molecular weight is 367 g/mol. The molecule has 0 unspecified atom stereocenters. The van der Waals surface area contributed by atoms with E-state index in [9.17, 15) is 4.79 Å². The van der Waals surface area contributed by atoms with Crippen LogP contribution in [0, 0.1) is 0 Å². The van der Waals surface area contributed by atoms with Gasteiger partial charge in [0.05, 0.1) is 0 Å². The number of benzene rings is 1. The van der Waals surface area contributed by atoms with Crippen molar-refractivity contribution in [2.45, 2.75) is 25.7 Å². The van der Waals surface area contributed by atoms with E-state index in [1.54, 1.807) is 11.9 Å². The van der Waals surface area contributed by atoms with Crippen LogP contribution in [0.3, 0.4) is 0 Å². The second-order valence-electron chi connectivity index (χ2n) is 5.41. The minimum absolute atomic E-state index is 0.129. The third-order valence-electron chi connectivity index (χ3n) is 3.92. The van der Waals surface area contributed by atoms with E-state index in [0.29, 0.717) is 6.42 Å². The molecule has 22 heavy (non-hydrogen) atoms. The van der Waals surface area contributed by atoms with Crippen molar-refractivity contribution in [3.05, 3.63) is 24.3 Å². The molecule has 1 heterocycles. The number of rotatable bonds is 7. The zero-order valence-corrected chi connectivity index (χ0v) is 14.9. The summed E-state index contributed by atoms with van der Waals surface area (Å²) >= 11 is -0.954. The summed E-state index contributed by atoms with van der Waals surface area (Å²) in [6.45, 7) is 3.07. The molecule has 0 atom stereocenters. The number of piperidine rings is 1. The second-order valence-corrected chi connectivity index (χ2v) is 7.40. The van der Waals surface area contributed by atoms with Crippen LogP contribution in [-0.4, -0.2) is 58.5 Å². The zero-order valence-electron chi connectivity index (χ0n) is 12.8. The van der Waals surface area contributed by atoms with Gasteiger partial charge in [-0.05, 0) is 0 Å². The predicted octanol–water partition coefficient (Wildman–Crippen LogP) is 1.19. The quantitative estimate of drug-likeness (QED) is 0.446. The van der Waals surface area contributed by atoms with Crippen molar-refractivity contribution in [1.82, 2.24) is 4.90 Å². The summed E-state index contributed by atoms with van der Waals surface area (Å²) in [6.07, 6.45) is 4.35. The Hall–Kier alpha value is -0.927. The molecule has 0 saturated carbocycles. The Labute approximate surface area is 137 Å². The normalized spacial score (nSPS) is 15.7. The second kappa shape index (κ2) is 9.27. The van der Waals surface area contributed by atoms with E-state index in [0.717, 1.165) is 29.7 Å². The molecule has 6 nitrogen and oxygen atoms in total. The van der Waals surface area contributed by atoms with Gasteiger partial charge >= 0.3 is 137 Å². The fourth-order valence-electron chi connectivity index (χ4n) is 2.57. The number of hydrogen-bond acceptors (Lipinski definition) is 5. The van der Waals surface area contributed by atoms with E-state index in [4.69, 9.17) is 5.26 Å². The van der Waals surface area contributed by atoms with E-state index in [-0.39, 0.29) is 5.91 Å². The van der Waals surface area contributed by atoms with Crippen molar-refractivity contribution in [3.8, 4) is 0 Å². The van der Waals surface area contributed by atoms with Crippen LogP contribution in [0.2, 0.25) is 0 Å². The van der Waals surface area contributed by atoms with Gasteiger partial charge in [0.15, 0.2) is 0 Å². The molecular formula is C15H22GeN2O4. The van der Waals surface area contributed by atoms with E-state index in [2.05, 4.69) is 13.9 Å². The monoisotopic (exact) mass is 368 g/mol. The summed E-state index contributed by atoms with van der Waals surface area (Å²) in [5, 5.41) is 11.8. The molecule has 2 rings (SSSR count). The summed E-state index contributed by atoms with van der Waals surface area (Å²) in [5.41, 5.74) is 0.865. The standard InChI is InChI=1S/C15H22GeN2O4/c1-17(14-7-5-13(6-8-14)16-21-22-20)15(19)9-12-18-10-3-2-4-11-18/h5-8,20H,2-4,9-12H2,1H3. The first-order valence-corrected chi connectivity index (χ1v) is 9.43. The zero-order chi connectivity index (χ0) is 15.8. The molecule has 120 valence electrons. The number of anilines is 1. The Bertz CT molecular complexity index is 463. The van der Waals surface area contributed by atoms with Crippen molar-refractivity contribution in [3.63, 3.8) is 0 Å². The van der Waals surface area contributed by atoms with Gasteiger partial charge in [0, 0.05) is 0 Å². The summed E-state index contributed by atoms with van der Waals surface area (Å²) in [4.78, 5) is 16.3. The number of carbonyl (C=O) groups excluding carboxylic acids is 1. The van der Waals surface area contributed by atoms with Gasteiger partial charge in [-0.25, -0.2) is 0 Å². The van der Waals surface area contributed by atoms with Crippen LogP contribution < -0.4 is 9.30 Å². The van der Waals surface area contributed by atoms with Gasteiger partial charge in [0.1, 0.15) is 0 Å². The molecule has 1 fully saturated rings. The summed E-state index contributed by atoms with van der Waals surface area (Å²) < 4.78 is 5.55. The van der Waals surface area contributed by atoms with Crippen LogP contribution in [0.1, 0.15) is 25.7 Å². The molecule has 1 amide bonds. The first-order valence-electron chi connectivity index (χ1n) is 7.53. The van der Waals surface area contributed by atoms with Crippen LogP contribution in [0.4, 0.5) is 5.69 Å². The SMILES string of the molecule is CN(C(=O)CCN1CCCCC1)c1cc[c]([Ge][O]OO)cc1. The maximum atomic E-state index is 12.3. The van der Waals surface area contributed by atoms with Gasteiger partial charge in [-0.3, -0.25) is 0 Å². The number of nitrogens with zero attached hydrogens (tertiary/aromatic N) is 2. The summed E-state index contributed by atoms with van der Waals surface area (Å²) in [5.74, 6) is 0.129. The van der Waals surface area contributed by atoms with Gasteiger partial charge in [0.2, 0.25) is 0 Å². The first-order chi connectivity index (χ1) is 10.7. The van der Waals surface area contributed by atoms with Crippen molar-refractivity contribution >= 4 is 31.8 Å². The van der Waals surface area contributed by atoms with Gasteiger partial charge in [-0.2, -0.15) is 0 Å². The van der Waals surface area contributed by atoms with Crippen LogP contribution >= 0.6 is 0 Å². The van der Waals surface area contributed by atoms with E-state index >= 15 is 0 Å². The third-order valence-corrected chi connectivity index (χ3v) is 5.44. The molecule has 0 bridgehead atoms. The van der Waals surface area contributed by atoms with E-state index < -0.39 is 15.8 Å². The molecule has 0 aliphatic carbocycles. The molecule has 1 saturated heterocycles. The molecule has 1 aromatic rings. The molecular weight excluding hydrogens is 345 g/mol. The van der Waals surface area contributed by atoms with Gasteiger partial charge < -0.3 is 0 Å². The average Bonchev–Trinajstić information content (AvgIpc) is 2.58. The van der Waals surface area contributed by atoms with E-state index in [1.807, 2.05) is 24.3 Å². The molecule has 0 spiro atoms. The number of carbonyl (C=O) groups is 1. The molecule has 1 aliphatic rings. The van der Waals surface area contributed by atoms with Crippen molar-refractivity contribution < 1.29 is 19.0 Å². The Morgan fingerprint density at radius 2 is 1.95 bits per heavy atom. The third kappa shape index (κ3) is 5.37. The van der Waals surface area contributed by atoms with Crippen molar-refractivity contribution in [2.24, 2.45) is 0 Å². The number of amides is 1. The molecule has 0 aromatic heterocycles. The molecule has 1 aliphatic heterocycles. The van der Waals surface area contributed by atoms with Gasteiger partial charge in [-0.15, -0.1) is 0 Å². The van der Waals surface area contributed by atoms with Crippen LogP contribution in [0.25, 0.3) is 0 Å². The Balaban J connectivity index is 1.81. The predicted molar refractivity (Wildman–Crippen MR) is 84.9 cm³/mol. The maximum absolute atomic E-state index is 12.3. The first kappa shape index (κ1) is 17.4. The topological polar surface area (TPSA) is 62.2 Å². The summed E-state index contributed by atoms with van der Waals surface area (Å²) in [6, 6.07) is 7.56. The van der Waals surface area contributed by atoms with Crippen molar-refractivity contribution in [2.75, 3.05) is 31.6 Å².